The molecular formula is C14H36N6O2Ti. The molecule has 0 fully saturated rings. The molecule has 0 aliphatic heterocycles. The zero-order valence-corrected chi connectivity index (χ0v) is 15.8. The average molecular weight is 368 g/mol. The first-order chi connectivity index (χ1) is 10.4. The van der Waals surface area contributed by atoms with Crippen molar-refractivity contribution in [2.45, 2.75) is 12.8 Å². The van der Waals surface area contributed by atoms with Crippen LogP contribution < -0.4 is 32.3 Å². The summed E-state index contributed by atoms with van der Waals surface area (Å²) in [6.07, 6.45) is 2.55. The Kier molecular flexibility index (Phi) is 32.8. The molecule has 0 saturated carbocycles. The van der Waals surface area contributed by atoms with Crippen molar-refractivity contribution in [2.75, 3.05) is 72.0 Å². The van der Waals surface area contributed by atoms with Crippen LogP contribution >= 0.6 is 0 Å². The van der Waals surface area contributed by atoms with Gasteiger partial charge in [-0.15, -0.1) is 0 Å². The number of nitrogens with two attached hydrogens (primary N) is 1. The molecule has 0 bridgehead atoms. The molecule has 0 aromatic heterocycles. The van der Waals surface area contributed by atoms with Crippen molar-refractivity contribution < 1.29 is 32.0 Å². The maximum absolute atomic E-state index is 10.1. The third-order valence-corrected chi connectivity index (χ3v) is 2.91. The Morgan fingerprint density at radius 1 is 0.652 bits per heavy atom. The smallest absolute Gasteiger partial charge is 0.120 e. The molecule has 0 unspecified atom stereocenters. The number of carbonyl (C=O) groups excluding carboxylic acids is 1. The summed E-state index contributed by atoms with van der Waals surface area (Å²) >= 11 is 0. The third-order valence-electron chi connectivity index (χ3n) is 2.91. The molecule has 0 saturated heterocycles. The summed E-state index contributed by atoms with van der Waals surface area (Å²) in [4.78, 5) is 10.1. The van der Waals surface area contributed by atoms with Crippen LogP contribution in [0.5, 0.6) is 0 Å². The first-order valence-electron chi connectivity index (χ1n) is 8.09. The molecule has 0 aromatic rings. The number of hydrogen-bond acceptors (Lipinski definition) is 7. The van der Waals surface area contributed by atoms with Crippen LogP contribution in [-0.2, 0) is 26.5 Å². The standard InChI is InChI=1S/C14H34N6O.H2O.Ti/c15-3-5-17-7-9-19-11-13-20-12-10-18-8-6-16-4-1-2-14-21;;/h14,16-20H,1-13,15H2;1H2;. The van der Waals surface area contributed by atoms with E-state index in [1.165, 1.54) is 0 Å². The van der Waals surface area contributed by atoms with Gasteiger partial charge in [-0.2, -0.15) is 0 Å². The molecule has 9 N–H and O–H groups in total. The SMILES string of the molecule is NCCNCCNCCNCCNCCNCCCC=O.O.[Ti]. The van der Waals surface area contributed by atoms with E-state index in [1.807, 2.05) is 0 Å². The molecule has 0 atom stereocenters. The first kappa shape index (κ1) is 27.9. The van der Waals surface area contributed by atoms with E-state index in [0.29, 0.717) is 13.0 Å². The molecule has 0 rings (SSSR count). The van der Waals surface area contributed by atoms with E-state index < -0.39 is 0 Å². The summed E-state index contributed by atoms with van der Waals surface area (Å²) in [7, 11) is 0. The normalized spacial score (nSPS) is 9.96. The van der Waals surface area contributed by atoms with E-state index in [1.54, 1.807) is 0 Å². The Morgan fingerprint density at radius 3 is 1.35 bits per heavy atom. The number of unbranched alkanes of at least 4 members (excludes halogenated alkanes) is 1. The maximum Gasteiger partial charge on any atom is 0.120 e. The van der Waals surface area contributed by atoms with Gasteiger partial charge in [0, 0.05) is 93.6 Å². The molecule has 0 aliphatic rings. The zero-order valence-electron chi connectivity index (χ0n) is 14.3. The molecule has 0 radical (unpaired) electrons. The van der Waals surface area contributed by atoms with Crippen LogP contribution in [0, 0.1) is 0 Å². The summed E-state index contributed by atoms with van der Waals surface area (Å²) < 4.78 is 0. The largest absolute Gasteiger partial charge is 0.412 e. The predicted molar refractivity (Wildman–Crippen MR) is 92.3 cm³/mol. The summed E-state index contributed by atoms with van der Waals surface area (Å²) in [5.74, 6) is 0. The van der Waals surface area contributed by atoms with Gasteiger partial charge < -0.3 is 42.6 Å². The van der Waals surface area contributed by atoms with Gasteiger partial charge in [-0.1, -0.05) is 0 Å². The van der Waals surface area contributed by atoms with Crippen LogP contribution in [0.3, 0.4) is 0 Å². The summed E-state index contributed by atoms with van der Waals surface area (Å²) in [6, 6.07) is 0. The van der Waals surface area contributed by atoms with E-state index in [2.05, 4.69) is 26.6 Å². The van der Waals surface area contributed by atoms with E-state index in [0.717, 1.165) is 78.2 Å². The van der Waals surface area contributed by atoms with Crippen LogP contribution in [0.1, 0.15) is 12.8 Å². The van der Waals surface area contributed by atoms with Gasteiger partial charge in [-0.25, -0.2) is 0 Å². The van der Waals surface area contributed by atoms with E-state index >= 15 is 0 Å². The quantitative estimate of drug-likeness (QED) is 0.0865. The van der Waals surface area contributed by atoms with Gasteiger partial charge in [-0.05, 0) is 13.0 Å². The molecule has 0 heterocycles. The second-order valence-electron chi connectivity index (χ2n) is 4.85. The predicted octanol–water partition coefficient (Wildman–Crippen LogP) is -2.95. The van der Waals surface area contributed by atoms with Gasteiger partial charge in [0.2, 0.25) is 0 Å². The molecule has 23 heavy (non-hydrogen) atoms. The van der Waals surface area contributed by atoms with Gasteiger partial charge in [0.25, 0.3) is 0 Å². The molecule has 0 spiro atoms. The van der Waals surface area contributed by atoms with E-state index in [4.69, 9.17) is 5.73 Å². The number of nitrogens with one attached hydrogen (secondary N) is 5. The average Bonchev–Trinajstić information content (AvgIpc) is 2.50. The number of carbonyl (C=O) groups is 1. The zero-order chi connectivity index (χ0) is 15.4. The Labute approximate surface area is 155 Å². The van der Waals surface area contributed by atoms with Gasteiger partial charge in [0.05, 0.1) is 0 Å². The summed E-state index contributed by atoms with van der Waals surface area (Å²) in [5.41, 5.74) is 5.38. The Balaban J connectivity index is -0.00000200. The van der Waals surface area contributed by atoms with Crippen LogP contribution in [0.15, 0.2) is 0 Å². The van der Waals surface area contributed by atoms with Crippen molar-refractivity contribution in [1.29, 1.82) is 0 Å². The molecule has 9 heteroatoms. The molecule has 138 valence electrons. The minimum Gasteiger partial charge on any atom is -0.412 e. The van der Waals surface area contributed by atoms with Crippen molar-refractivity contribution in [3.63, 3.8) is 0 Å². The van der Waals surface area contributed by atoms with Gasteiger partial charge in [0.1, 0.15) is 6.29 Å². The van der Waals surface area contributed by atoms with Crippen LogP contribution in [0.2, 0.25) is 0 Å². The van der Waals surface area contributed by atoms with Gasteiger partial charge in [0.15, 0.2) is 0 Å². The van der Waals surface area contributed by atoms with Gasteiger partial charge in [-0.3, -0.25) is 0 Å². The number of rotatable bonds is 18. The second-order valence-corrected chi connectivity index (χ2v) is 4.85. The van der Waals surface area contributed by atoms with Crippen molar-refractivity contribution in [1.82, 2.24) is 26.6 Å². The topological polar surface area (TPSA) is 135 Å². The maximum atomic E-state index is 10.1. The van der Waals surface area contributed by atoms with Crippen molar-refractivity contribution in [2.24, 2.45) is 5.73 Å². The molecule has 0 aliphatic carbocycles. The van der Waals surface area contributed by atoms with Crippen molar-refractivity contribution in [3.05, 3.63) is 0 Å². The van der Waals surface area contributed by atoms with Gasteiger partial charge >= 0.3 is 0 Å². The van der Waals surface area contributed by atoms with Crippen molar-refractivity contribution in [3.8, 4) is 0 Å². The van der Waals surface area contributed by atoms with Crippen LogP contribution in [0.25, 0.3) is 0 Å². The molecule has 8 nitrogen and oxygen atoms in total. The Hall–Kier alpha value is 0.104. The fraction of sp³-hybridized carbons (Fsp3) is 0.929. The van der Waals surface area contributed by atoms with E-state index in [-0.39, 0.29) is 27.2 Å². The number of aldehydes is 1. The van der Waals surface area contributed by atoms with E-state index in [9.17, 15) is 4.79 Å². The fourth-order valence-corrected chi connectivity index (χ4v) is 1.74. The third kappa shape index (κ3) is 27.3. The molecular weight excluding hydrogens is 332 g/mol. The summed E-state index contributed by atoms with van der Waals surface area (Å²) in [6.45, 7) is 10.3. The van der Waals surface area contributed by atoms with Crippen LogP contribution in [0.4, 0.5) is 0 Å². The fourth-order valence-electron chi connectivity index (χ4n) is 1.74. The molecule has 0 amide bonds. The Morgan fingerprint density at radius 2 is 1.00 bits per heavy atom. The minimum atomic E-state index is 0. The number of hydrogen-bond donors (Lipinski definition) is 6. The Bertz CT molecular complexity index is 216. The summed E-state index contributed by atoms with van der Waals surface area (Å²) in [5, 5.41) is 16.6. The molecule has 0 aromatic carbocycles. The second kappa shape index (κ2) is 27.0. The van der Waals surface area contributed by atoms with Crippen molar-refractivity contribution >= 4 is 6.29 Å². The monoisotopic (exact) mass is 368 g/mol. The minimum absolute atomic E-state index is 0. The van der Waals surface area contributed by atoms with Crippen LogP contribution in [-0.4, -0.2) is 83.8 Å². The first-order valence-corrected chi connectivity index (χ1v) is 8.09.